The van der Waals surface area contributed by atoms with Crippen molar-refractivity contribution in [2.45, 2.75) is 13.3 Å². The average Bonchev–Trinajstić information content (AvgIpc) is 2.60. The number of carbonyl (C=O) groups is 1. The summed E-state index contributed by atoms with van der Waals surface area (Å²) in [6, 6.07) is 14.3. The molecular formula is C18H19ClN2O3. The second-order valence-corrected chi connectivity index (χ2v) is 5.36. The molecule has 2 rings (SSSR count). The van der Waals surface area contributed by atoms with E-state index in [-0.39, 0.29) is 12.5 Å². The SMILES string of the molecule is CCCOc1ccccc1C=NNC(=O)COc1ccc(Cl)cc1. The van der Waals surface area contributed by atoms with Gasteiger partial charge in [0.2, 0.25) is 0 Å². The summed E-state index contributed by atoms with van der Waals surface area (Å²) in [6.45, 7) is 2.54. The Balaban J connectivity index is 1.82. The smallest absolute Gasteiger partial charge is 0.277 e. The van der Waals surface area contributed by atoms with Crippen molar-refractivity contribution in [3.63, 3.8) is 0 Å². The van der Waals surface area contributed by atoms with Gasteiger partial charge in [-0.3, -0.25) is 4.79 Å². The normalized spacial score (nSPS) is 10.6. The predicted molar refractivity (Wildman–Crippen MR) is 94.9 cm³/mol. The van der Waals surface area contributed by atoms with E-state index in [9.17, 15) is 4.79 Å². The second kappa shape index (κ2) is 9.57. The maximum atomic E-state index is 11.7. The maximum absolute atomic E-state index is 11.7. The number of hydrogen-bond acceptors (Lipinski definition) is 4. The molecule has 0 aromatic heterocycles. The van der Waals surface area contributed by atoms with Gasteiger partial charge >= 0.3 is 0 Å². The molecule has 0 bridgehead atoms. The van der Waals surface area contributed by atoms with Crippen LogP contribution in [0, 0.1) is 0 Å². The van der Waals surface area contributed by atoms with Crippen LogP contribution in [0.3, 0.4) is 0 Å². The Kier molecular flexibility index (Phi) is 7.11. The highest BCUT2D eigenvalue weighted by Crippen LogP contribution is 2.16. The summed E-state index contributed by atoms with van der Waals surface area (Å²) < 4.78 is 11.0. The van der Waals surface area contributed by atoms with Gasteiger partial charge in [-0.1, -0.05) is 30.7 Å². The van der Waals surface area contributed by atoms with Crippen LogP contribution < -0.4 is 14.9 Å². The second-order valence-electron chi connectivity index (χ2n) is 4.92. The molecular weight excluding hydrogens is 328 g/mol. The minimum atomic E-state index is -0.354. The van der Waals surface area contributed by atoms with Crippen molar-refractivity contribution in [3.05, 3.63) is 59.1 Å². The lowest BCUT2D eigenvalue weighted by Gasteiger charge is -2.07. The molecule has 126 valence electrons. The monoisotopic (exact) mass is 346 g/mol. The Morgan fingerprint density at radius 1 is 1.17 bits per heavy atom. The number of amides is 1. The summed E-state index contributed by atoms with van der Waals surface area (Å²) in [6.07, 6.45) is 2.47. The highest BCUT2D eigenvalue weighted by Gasteiger charge is 2.03. The molecule has 0 fully saturated rings. The molecule has 0 aliphatic carbocycles. The predicted octanol–water partition coefficient (Wildman–Crippen LogP) is 3.66. The van der Waals surface area contributed by atoms with Crippen LogP contribution in [0.15, 0.2) is 53.6 Å². The number of hydrazone groups is 1. The van der Waals surface area contributed by atoms with E-state index in [1.807, 2.05) is 31.2 Å². The Hall–Kier alpha value is -2.53. The van der Waals surface area contributed by atoms with Gasteiger partial charge in [-0.15, -0.1) is 0 Å². The Morgan fingerprint density at radius 2 is 1.92 bits per heavy atom. The van der Waals surface area contributed by atoms with Gasteiger partial charge in [0.05, 0.1) is 12.8 Å². The lowest BCUT2D eigenvalue weighted by Crippen LogP contribution is -2.24. The first kappa shape index (κ1) is 17.8. The summed E-state index contributed by atoms with van der Waals surface area (Å²) >= 11 is 5.78. The topological polar surface area (TPSA) is 59.9 Å². The molecule has 1 amide bonds. The number of hydrogen-bond donors (Lipinski definition) is 1. The lowest BCUT2D eigenvalue weighted by molar-refractivity contribution is -0.123. The third kappa shape index (κ3) is 5.93. The number of ether oxygens (including phenoxy) is 2. The number of para-hydroxylation sites is 1. The molecule has 2 aromatic rings. The third-order valence-corrected chi connectivity index (χ3v) is 3.21. The number of rotatable bonds is 8. The first-order chi connectivity index (χ1) is 11.7. The van der Waals surface area contributed by atoms with E-state index in [0.29, 0.717) is 17.4 Å². The van der Waals surface area contributed by atoms with Gasteiger partial charge in [0, 0.05) is 10.6 Å². The van der Waals surface area contributed by atoms with Gasteiger partial charge < -0.3 is 9.47 Å². The molecule has 0 saturated carbocycles. The molecule has 24 heavy (non-hydrogen) atoms. The van der Waals surface area contributed by atoms with Crippen LogP contribution >= 0.6 is 11.6 Å². The molecule has 0 aliphatic rings. The molecule has 6 heteroatoms. The van der Waals surface area contributed by atoms with Crippen molar-refractivity contribution in [2.75, 3.05) is 13.2 Å². The fourth-order valence-electron chi connectivity index (χ4n) is 1.82. The van der Waals surface area contributed by atoms with E-state index in [2.05, 4.69) is 10.5 Å². The largest absolute Gasteiger partial charge is 0.493 e. The van der Waals surface area contributed by atoms with Crippen LogP contribution in [0.5, 0.6) is 11.5 Å². The van der Waals surface area contributed by atoms with E-state index in [1.165, 1.54) is 0 Å². The van der Waals surface area contributed by atoms with Crippen molar-refractivity contribution >= 4 is 23.7 Å². The number of halogens is 1. The fourth-order valence-corrected chi connectivity index (χ4v) is 1.94. The van der Waals surface area contributed by atoms with Gasteiger partial charge in [-0.2, -0.15) is 5.10 Å². The molecule has 5 nitrogen and oxygen atoms in total. The maximum Gasteiger partial charge on any atom is 0.277 e. The summed E-state index contributed by atoms with van der Waals surface area (Å²) in [5, 5.41) is 4.54. The summed E-state index contributed by atoms with van der Waals surface area (Å²) in [5.41, 5.74) is 3.22. The van der Waals surface area contributed by atoms with E-state index in [4.69, 9.17) is 21.1 Å². The minimum Gasteiger partial charge on any atom is -0.493 e. The van der Waals surface area contributed by atoms with E-state index in [1.54, 1.807) is 30.5 Å². The van der Waals surface area contributed by atoms with Crippen LogP contribution in [-0.4, -0.2) is 25.3 Å². The molecule has 0 saturated heterocycles. The van der Waals surface area contributed by atoms with Crippen LogP contribution in [0.4, 0.5) is 0 Å². The first-order valence-electron chi connectivity index (χ1n) is 7.61. The quantitative estimate of drug-likeness (QED) is 0.586. The molecule has 0 heterocycles. The molecule has 1 N–H and O–H groups in total. The van der Waals surface area contributed by atoms with Crippen molar-refractivity contribution in [2.24, 2.45) is 5.10 Å². The van der Waals surface area contributed by atoms with E-state index in [0.717, 1.165) is 17.7 Å². The zero-order valence-electron chi connectivity index (χ0n) is 13.4. The number of benzene rings is 2. The van der Waals surface area contributed by atoms with Crippen LogP contribution in [0.25, 0.3) is 0 Å². The van der Waals surface area contributed by atoms with Gasteiger partial charge in [-0.25, -0.2) is 5.43 Å². The summed E-state index contributed by atoms with van der Waals surface area (Å²) in [5.74, 6) is 0.944. The Bertz CT molecular complexity index is 687. The van der Waals surface area contributed by atoms with Crippen LogP contribution in [0.1, 0.15) is 18.9 Å². The molecule has 0 aliphatic heterocycles. The molecule has 2 aromatic carbocycles. The number of carbonyl (C=O) groups excluding carboxylic acids is 1. The Labute approximate surface area is 146 Å². The van der Waals surface area contributed by atoms with Crippen molar-refractivity contribution in [1.29, 1.82) is 0 Å². The number of nitrogens with zero attached hydrogens (tertiary/aromatic N) is 1. The van der Waals surface area contributed by atoms with Gasteiger partial charge in [0.1, 0.15) is 11.5 Å². The molecule has 0 radical (unpaired) electrons. The average molecular weight is 347 g/mol. The van der Waals surface area contributed by atoms with Gasteiger partial charge in [0.15, 0.2) is 6.61 Å². The van der Waals surface area contributed by atoms with E-state index >= 15 is 0 Å². The standard InChI is InChI=1S/C18H19ClN2O3/c1-2-11-23-17-6-4-3-5-14(17)12-20-21-18(22)13-24-16-9-7-15(19)8-10-16/h3-10,12H,2,11,13H2,1H3,(H,21,22). The zero-order chi connectivity index (χ0) is 17.2. The van der Waals surface area contributed by atoms with Gasteiger partial charge in [-0.05, 0) is 42.8 Å². The number of nitrogens with one attached hydrogen (secondary N) is 1. The van der Waals surface area contributed by atoms with Crippen LogP contribution in [-0.2, 0) is 4.79 Å². The molecule has 0 atom stereocenters. The minimum absolute atomic E-state index is 0.132. The van der Waals surface area contributed by atoms with Crippen LogP contribution in [0.2, 0.25) is 5.02 Å². The molecule has 0 spiro atoms. The van der Waals surface area contributed by atoms with Crippen molar-refractivity contribution in [3.8, 4) is 11.5 Å². The molecule has 0 unspecified atom stereocenters. The zero-order valence-corrected chi connectivity index (χ0v) is 14.1. The highest BCUT2D eigenvalue weighted by atomic mass is 35.5. The van der Waals surface area contributed by atoms with E-state index < -0.39 is 0 Å². The highest BCUT2D eigenvalue weighted by molar-refractivity contribution is 6.30. The van der Waals surface area contributed by atoms with Gasteiger partial charge in [0.25, 0.3) is 5.91 Å². The Morgan fingerprint density at radius 3 is 2.67 bits per heavy atom. The van der Waals surface area contributed by atoms with Crippen molar-refractivity contribution in [1.82, 2.24) is 5.43 Å². The summed E-state index contributed by atoms with van der Waals surface area (Å²) in [4.78, 5) is 11.7. The van der Waals surface area contributed by atoms with Crippen molar-refractivity contribution < 1.29 is 14.3 Å². The first-order valence-corrected chi connectivity index (χ1v) is 7.99. The summed E-state index contributed by atoms with van der Waals surface area (Å²) in [7, 11) is 0. The lowest BCUT2D eigenvalue weighted by atomic mass is 10.2. The third-order valence-electron chi connectivity index (χ3n) is 2.96. The fraction of sp³-hybridized carbons (Fsp3) is 0.222.